The quantitative estimate of drug-likeness (QED) is 0.562. The summed E-state index contributed by atoms with van der Waals surface area (Å²) in [6, 6.07) is 6.93. The lowest BCUT2D eigenvalue weighted by Gasteiger charge is -2.10. The van der Waals surface area contributed by atoms with Crippen molar-refractivity contribution in [2.45, 2.75) is 79.1 Å². The van der Waals surface area contributed by atoms with Gasteiger partial charge in [0.1, 0.15) is 11.6 Å². The lowest BCUT2D eigenvalue weighted by molar-refractivity contribution is 0.708. The molecule has 0 radical (unpaired) electrons. The van der Waals surface area contributed by atoms with Gasteiger partial charge in [-0.1, -0.05) is 45.6 Å². The van der Waals surface area contributed by atoms with Gasteiger partial charge in [-0.15, -0.1) is 0 Å². The monoisotopic (exact) mass is 325 g/mol. The van der Waals surface area contributed by atoms with Crippen LogP contribution in [0.4, 0.5) is 0 Å². The Morgan fingerprint density at radius 3 is 1.62 bits per heavy atom. The highest BCUT2D eigenvalue weighted by atomic mass is 15.0. The smallest absolute Gasteiger partial charge is 0.163 e. The molecule has 3 heteroatoms. The van der Waals surface area contributed by atoms with Crippen LogP contribution < -0.4 is 0 Å². The molecule has 130 valence electrons. The largest absolute Gasteiger partial charge is 0.219 e. The Hall–Kier alpha value is -1.77. The van der Waals surface area contributed by atoms with Gasteiger partial charge in [-0.3, -0.25) is 0 Å². The zero-order valence-corrected chi connectivity index (χ0v) is 15.7. The Kier molecular flexibility index (Phi) is 7.36. The van der Waals surface area contributed by atoms with E-state index in [0.717, 1.165) is 35.9 Å². The molecule has 0 spiro atoms. The summed E-state index contributed by atoms with van der Waals surface area (Å²) in [6.07, 6.45) is 9.90. The highest BCUT2D eigenvalue weighted by Crippen LogP contribution is 2.22. The molecule has 2 rings (SSSR count). The van der Waals surface area contributed by atoms with Crippen LogP contribution in [0.2, 0.25) is 0 Å². The average molecular weight is 326 g/mol. The van der Waals surface area contributed by atoms with Crippen LogP contribution >= 0.6 is 0 Å². The summed E-state index contributed by atoms with van der Waals surface area (Å²) in [6.45, 7) is 8.38. The van der Waals surface area contributed by atoms with Crippen molar-refractivity contribution in [3.8, 4) is 11.4 Å². The Labute approximate surface area is 147 Å². The van der Waals surface area contributed by atoms with Gasteiger partial charge in [-0.05, 0) is 62.8 Å². The van der Waals surface area contributed by atoms with E-state index in [1.807, 2.05) is 13.8 Å². The maximum atomic E-state index is 4.56. The predicted molar refractivity (Wildman–Crippen MR) is 101 cm³/mol. The molecular formula is C21H31N3. The van der Waals surface area contributed by atoms with Gasteiger partial charge in [0.25, 0.3) is 0 Å². The first kappa shape index (κ1) is 18.6. The van der Waals surface area contributed by atoms with Gasteiger partial charge in [0, 0.05) is 5.56 Å². The molecule has 0 unspecified atom stereocenters. The van der Waals surface area contributed by atoms with E-state index < -0.39 is 0 Å². The number of rotatable bonds is 9. The van der Waals surface area contributed by atoms with Gasteiger partial charge in [0.2, 0.25) is 0 Å². The molecule has 0 saturated carbocycles. The third-order valence-corrected chi connectivity index (χ3v) is 4.31. The summed E-state index contributed by atoms with van der Waals surface area (Å²) in [5.41, 5.74) is 3.98. The zero-order valence-electron chi connectivity index (χ0n) is 15.7. The molecule has 2 aromatic rings. The van der Waals surface area contributed by atoms with Crippen molar-refractivity contribution < 1.29 is 0 Å². The third-order valence-electron chi connectivity index (χ3n) is 4.31. The highest BCUT2D eigenvalue weighted by molar-refractivity contribution is 5.57. The van der Waals surface area contributed by atoms with Crippen LogP contribution in [-0.4, -0.2) is 15.0 Å². The summed E-state index contributed by atoms with van der Waals surface area (Å²) in [5, 5.41) is 0. The predicted octanol–water partition coefficient (Wildman–Crippen LogP) is 5.62. The number of hydrogen-bond acceptors (Lipinski definition) is 3. The van der Waals surface area contributed by atoms with Crippen LogP contribution in [0.5, 0.6) is 0 Å². The number of aryl methyl sites for hydroxylation is 4. The van der Waals surface area contributed by atoms with Crippen molar-refractivity contribution in [2.24, 2.45) is 0 Å². The highest BCUT2D eigenvalue weighted by Gasteiger charge is 2.08. The van der Waals surface area contributed by atoms with Crippen LogP contribution in [0.1, 0.15) is 75.1 Å². The van der Waals surface area contributed by atoms with Gasteiger partial charge in [-0.2, -0.15) is 0 Å². The molecule has 1 aromatic carbocycles. The van der Waals surface area contributed by atoms with Crippen LogP contribution in [-0.2, 0) is 12.8 Å². The molecule has 0 bridgehead atoms. The first-order valence-corrected chi connectivity index (χ1v) is 9.45. The summed E-state index contributed by atoms with van der Waals surface area (Å²) in [7, 11) is 0. The van der Waals surface area contributed by atoms with Crippen molar-refractivity contribution in [3.63, 3.8) is 0 Å². The molecule has 0 atom stereocenters. The minimum Gasteiger partial charge on any atom is -0.219 e. The van der Waals surface area contributed by atoms with Gasteiger partial charge in [-0.25, -0.2) is 15.0 Å². The topological polar surface area (TPSA) is 38.7 Å². The van der Waals surface area contributed by atoms with E-state index >= 15 is 0 Å². The first-order valence-electron chi connectivity index (χ1n) is 9.45. The lowest BCUT2D eigenvalue weighted by Crippen LogP contribution is -2.00. The molecule has 0 aliphatic rings. The third kappa shape index (κ3) is 5.70. The molecular weight excluding hydrogens is 294 g/mol. The van der Waals surface area contributed by atoms with E-state index in [1.165, 1.54) is 49.7 Å². The Morgan fingerprint density at radius 1 is 0.667 bits per heavy atom. The molecule has 0 fully saturated rings. The van der Waals surface area contributed by atoms with Crippen molar-refractivity contribution in [1.29, 1.82) is 0 Å². The number of nitrogens with zero attached hydrogens (tertiary/aromatic N) is 3. The van der Waals surface area contributed by atoms with Crippen LogP contribution in [0, 0.1) is 13.8 Å². The Bertz CT molecular complexity index is 601. The van der Waals surface area contributed by atoms with Crippen LogP contribution in [0.15, 0.2) is 18.2 Å². The van der Waals surface area contributed by atoms with Crippen molar-refractivity contribution >= 4 is 0 Å². The molecule has 0 aliphatic carbocycles. The van der Waals surface area contributed by atoms with E-state index in [4.69, 9.17) is 0 Å². The van der Waals surface area contributed by atoms with Crippen molar-refractivity contribution in [1.82, 2.24) is 15.0 Å². The molecule has 1 aromatic heterocycles. The summed E-state index contributed by atoms with van der Waals surface area (Å²) < 4.78 is 0. The zero-order chi connectivity index (χ0) is 17.4. The van der Waals surface area contributed by atoms with Gasteiger partial charge in [0.05, 0.1) is 0 Å². The lowest BCUT2D eigenvalue weighted by atomic mass is 9.97. The van der Waals surface area contributed by atoms with Crippen LogP contribution in [0.25, 0.3) is 11.4 Å². The standard InChI is InChI=1S/C21H31N3/c1-5-7-9-11-18-13-19(12-10-8-6-2)15-20(14-18)21-23-16(3)22-17(4)24-21/h13-15H,5-12H2,1-4H3. The minimum absolute atomic E-state index is 0.793. The number of benzene rings is 1. The average Bonchev–Trinajstić information content (AvgIpc) is 2.54. The summed E-state index contributed by atoms with van der Waals surface area (Å²) in [4.78, 5) is 13.4. The first-order chi connectivity index (χ1) is 11.6. The fourth-order valence-electron chi connectivity index (χ4n) is 3.08. The van der Waals surface area contributed by atoms with Crippen molar-refractivity contribution in [2.75, 3.05) is 0 Å². The SMILES string of the molecule is CCCCCc1cc(CCCCC)cc(-c2nc(C)nc(C)n2)c1. The van der Waals surface area contributed by atoms with Gasteiger partial charge < -0.3 is 0 Å². The molecule has 0 saturated heterocycles. The van der Waals surface area contributed by atoms with E-state index in [9.17, 15) is 0 Å². The molecule has 1 heterocycles. The maximum Gasteiger partial charge on any atom is 0.163 e. The Balaban J connectivity index is 2.29. The normalized spacial score (nSPS) is 11.0. The summed E-state index contributed by atoms with van der Waals surface area (Å²) >= 11 is 0. The molecule has 0 aliphatic heterocycles. The Morgan fingerprint density at radius 2 is 1.17 bits per heavy atom. The second-order valence-corrected chi connectivity index (χ2v) is 6.71. The second kappa shape index (κ2) is 9.51. The van der Waals surface area contributed by atoms with Gasteiger partial charge >= 0.3 is 0 Å². The molecule has 0 amide bonds. The van der Waals surface area contributed by atoms with Crippen LogP contribution in [0.3, 0.4) is 0 Å². The summed E-state index contributed by atoms with van der Waals surface area (Å²) in [5.74, 6) is 2.40. The van der Waals surface area contributed by atoms with E-state index in [1.54, 1.807) is 0 Å². The van der Waals surface area contributed by atoms with Crippen molar-refractivity contribution in [3.05, 3.63) is 41.0 Å². The fraction of sp³-hybridized carbons (Fsp3) is 0.571. The molecule has 3 nitrogen and oxygen atoms in total. The number of aromatic nitrogens is 3. The van der Waals surface area contributed by atoms with E-state index in [-0.39, 0.29) is 0 Å². The van der Waals surface area contributed by atoms with E-state index in [2.05, 4.69) is 47.0 Å². The number of unbranched alkanes of at least 4 members (excludes halogenated alkanes) is 4. The van der Waals surface area contributed by atoms with E-state index in [0.29, 0.717) is 0 Å². The minimum atomic E-state index is 0.793. The van der Waals surface area contributed by atoms with Gasteiger partial charge in [0.15, 0.2) is 5.82 Å². The maximum absolute atomic E-state index is 4.56. The molecule has 24 heavy (non-hydrogen) atoms. The molecule has 0 N–H and O–H groups in total. The second-order valence-electron chi connectivity index (χ2n) is 6.71. The number of hydrogen-bond donors (Lipinski definition) is 0. The fourth-order valence-corrected chi connectivity index (χ4v) is 3.08.